The van der Waals surface area contributed by atoms with Crippen LogP contribution in [0, 0.1) is 12.7 Å². The number of hydrogen-bond donors (Lipinski definition) is 1. The number of benzene rings is 2. The van der Waals surface area contributed by atoms with Gasteiger partial charge >= 0.3 is 6.18 Å². The molecule has 0 aliphatic carbocycles. The van der Waals surface area contributed by atoms with Crippen LogP contribution in [-0.2, 0) is 18.8 Å². The molecule has 2 aliphatic rings. The van der Waals surface area contributed by atoms with Crippen molar-refractivity contribution in [1.82, 2.24) is 19.3 Å². The van der Waals surface area contributed by atoms with Crippen LogP contribution in [0.2, 0.25) is 0 Å². The number of halogens is 4. The molecule has 0 atom stereocenters. The monoisotopic (exact) mass is 443 g/mol. The molecule has 4 aromatic rings. The largest absolute Gasteiger partial charge is 0.454 e. The Bertz CT molecular complexity index is 1480. The Kier molecular flexibility index (Phi) is 3.36. The number of aryl methyl sites for hydroxylation is 2. The van der Waals surface area contributed by atoms with Gasteiger partial charge in [-0.25, -0.2) is 4.39 Å². The van der Waals surface area contributed by atoms with Crippen molar-refractivity contribution in [3.63, 3.8) is 0 Å². The summed E-state index contributed by atoms with van der Waals surface area (Å²) in [7, 11) is 1.70. The first-order valence-corrected chi connectivity index (χ1v) is 9.93. The molecule has 2 aliphatic heterocycles. The third-order valence-corrected chi connectivity index (χ3v) is 6.11. The van der Waals surface area contributed by atoms with E-state index in [0.29, 0.717) is 28.3 Å². The van der Waals surface area contributed by atoms with Gasteiger partial charge in [0.2, 0.25) is 0 Å². The molecule has 0 saturated heterocycles. The molecule has 0 fully saturated rings. The molecule has 1 N–H and O–H groups in total. The van der Waals surface area contributed by atoms with Crippen LogP contribution in [-0.4, -0.2) is 19.3 Å². The van der Waals surface area contributed by atoms with Gasteiger partial charge in [-0.3, -0.25) is 4.57 Å². The van der Waals surface area contributed by atoms with Gasteiger partial charge in [-0.15, -0.1) is 10.2 Å². The third-order valence-electron chi connectivity index (χ3n) is 6.11. The third kappa shape index (κ3) is 2.29. The summed E-state index contributed by atoms with van der Waals surface area (Å²) < 4.78 is 67.7. The Labute approximate surface area is 179 Å². The van der Waals surface area contributed by atoms with E-state index in [9.17, 15) is 17.6 Å². The molecular weight excluding hydrogens is 426 g/mol. The lowest BCUT2D eigenvalue weighted by molar-refractivity contribution is -0.137. The van der Waals surface area contributed by atoms with E-state index in [1.54, 1.807) is 24.7 Å². The zero-order chi connectivity index (χ0) is 22.7. The number of hydrogen-bond acceptors (Lipinski definition) is 4. The molecule has 32 heavy (non-hydrogen) atoms. The minimum Gasteiger partial charge on any atom is -0.454 e. The van der Waals surface area contributed by atoms with Crippen LogP contribution in [0.4, 0.5) is 23.2 Å². The lowest BCUT2D eigenvalue weighted by atomic mass is 9.89. The highest BCUT2D eigenvalue weighted by atomic mass is 19.4. The lowest BCUT2D eigenvalue weighted by Gasteiger charge is -2.36. The summed E-state index contributed by atoms with van der Waals surface area (Å²) in [5, 5.41) is 11.7. The quantitative estimate of drug-likeness (QED) is 0.314. The first-order valence-electron chi connectivity index (χ1n) is 9.93. The molecule has 0 radical (unpaired) electrons. The van der Waals surface area contributed by atoms with E-state index < -0.39 is 23.1 Å². The zero-order valence-corrected chi connectivity index (χ0v) is 17.5. The van der Waals surface area contributed by atoms with Gasteiger partial charge in [0.1, 0.15) is 17.4 Å². The summed E-state index contributed by atoms with van der Waals surface area (Å²) in [5.41, 5.74) is -1.17. The molecule has 164 valence electrons. The smallest absolute Gasteiger partial charge is 0.419 e. The molecule has 0 bridgehead atoms. The fraction of sp³-hybridized carbons (Fsp3) is 0.273. The number of nitrogens with zero attached hydrogens (tertiary/aromatic N) is 4. The first-order chi connectivity index (χ1) is 15.0. The fourth-order valence-electron chi connectivity index (χ4n) is 4.86. The predicted molar refractivity (Wildman–Crippen MR) is 110 cm³/mol. The molecule has 10 heteroatoms. The van der Waals surface area contributed by atoms with Crippen molar-refractivity contribution in [3.8, 4) is 28.3 Å². The average molecular weight is 443 g/mol. The van der Waals surface area contributed by atoms with E-state index in [1.165, 1.54) is 16.7 Å². The van der Waals surface area contributed by atoms with Gasteiger partial charge in [0, 0.05) is 30.4 Å². The zero-order valence-electron chi connectivity index (χ0n) is 17.5. The minimum atomic E-state index is -4.76. The van der Waals surface area contributed by atoms with Gasteiger partial charge in [-0.1, -0.05) is 0 Å². The molecular formula is C22H17F4N5O. The number of ether oxygens (including phenoxy) is 1. The van der Waals surface area contributed by atoms with Crippen molar-refractivity contribution in [2.45, 2.75) is 32.5 Å². The summed E-state index contributed by atoms with van der Waals surface area (Å²) in [6, 6.07) is 3.96. The van der Waals surface area contributed by atoms with Crippen LogP contribution in [0.3, 0.4) is 0 Å². The Morgan fingerprint density at radius 2 is 1.84 bits per heavy atom. The van der Waals surface area contributed by atoms with Crippen molar-refractivity contribution < 1.29 is 22.3 Å². The van der Waals surface area contributed by atoms with Crippen molar-refractivity contribution >= 4 is 16.6 Å². The first kappa shape index (κ1) is 19.1. The number of rotatable bonds is 0. The van der Waals surface area contributed by atoms with Crippen LogP contribution in [0.1, 0.15) is 31.1 Å². The minimum absolute atomic E-state index is 0.0131. The van der Waals surface area contributed by atoms with E-state index in [0.717, 1.165) is 6.07 Å². The highest BCUT2D eigenvalue weighted by Crippen LogP contribution is 2.56. The fourth-order valence-corrected chi connectivity index (χ4v) is 4.86. The number of alkyl halides is 3. The van der Waals surface area contributed by atoms with Gasteiger partial charge in [0.25, 0.3) is 0 Å². The summed E-state index contributed by atoms with van der Waals surface area (Å²) in [6.45, 7) is 5.23. The molecule has 0 unspecified atom stereocenters. The number of anilines is 1. The maximum absolute atomic E-state index is 14.7. The van der Waals surface area contributed by atoms with E-state index in [-0.39, 0.29) is 28.3 Å². The number of fused-ring (bicyclic) bond motifs is 5. The van der Waals surface area contributed by atoms with Crippen LogP contribution in [0.25, 0.3) is 27.7 Å². The number of aromatic nitrogens is 4. The Morgan fingerprint density at radius 1 is 1.09 bits per heavy atom. The molecule has 2 aromatic carbocycles. The van der Waals surface area contributed by atoms with Crippen molar-refractivity contribution in [3.05, 3.63) is 47.4 Å². The van der Waals surface area contributed by atoms with Crippen molar-refractivity contribution in [2.24, 2.45) is 7.05 Å². The Hall–Kier alpha value is -3.56. The summed E-state index contributed by atoms with van der Waals surface area (Å²) in [5.74, 6) is 0.449. The normalized spacial score (nSPS) is 15.6. The van der Waals surface area contributed by atoms with Crippen molar-refractivity contribution in [1.29, 1.82) is 0 Å². The number of nitrogens with one attached hydrogen (secondary N) is 1. The highest BCUT2D eigenvalue weighted by molar-refractivity contribution is 6.05. The summed E-state index contributed by atoms with van der Waals surface area (Å²) >= 11 is 0. The van der Waals surface area contributed by atoms with E-state index in [4.69, 9.17) is 4.74 Å². The van der Waals surface area contributed by atoms with E-state index in [2.05, 4.69) is 15.5 Å². The van der Waals surface area contributed by atoms with Crippen LogP contribution < -0.4 is 10.1 Å². The van der Waals surface area contributed by atoms with Gasteiger partial charge in [0.05, 0.1) is 33.4 Å². The molecule has 6 rings (SSSR count). The molecule has 0 spiro atoms. The molecule has 6 nitrogen and oxygen atoms in total. The average Bonchev–Trinajstić information content (AvgIpc) is 3.21. The summed E-state index contributed by atoms with van der Waals surface area (Å²) in [4.78, 5) is 0. The maximum Gasteiger partial charge on any atom is 0.419 e. The molecule has 4 heterocycles. The predicted octanol–water partition coefficient (Wildman–Crippen LogP) is 5.66. The molecule has 0 amide bonds. The van der Waals surface area contributed by atoms with Gasteiger partial charge in [0.15, 0.2) is 11.6 Å². The SMILES string of the molecule is Cc1nnc2n1-c1c(cc3c(c1C(F)(F)F)-c1cc(F)cc4c1c(cn4C)O3)NC2(C)C. The van der Waals surface area contributed by atoms with Crippen LogP contribution in [0.15, 0.2) is 24.4 Å². The molecule has 2 aromatic heterocycles. The van der Waals surface area contributed by atoms with Crippen LogP contribution >= 0.6 is 0 Å². The van der Waals surface area contributed by atoms with E-state index >= 15 is 0 Å². The second-order valence-electron chi connectivity index (χ2n) is 8.73. The second kappa shape index (κ2) is 5.62. The lowest BCUT2D eigenvalue weighted by Crippen LogP contribution is -2.37. The Morgan fingerprint density at radius 3 is 2.56 bits per heavy atom. The molecule has 0 saturated carbocycles. The van der Waals surface area contributed by atoms with Gasteiger partial charge < -0.3 is 14.6 Å². The van der Waals surface area contributed by atoms with Gasteiger partial charge in [-0.2, -0.15) is 13.2 Å². The topological polar surface area (TPSA) is 56.9 Å². The van der Waals surface area contributed by atoms with Crippen LogP contribution in [0.5, 0.6) is 11.5 Å². The Balaban J connectivity index is 1.81. The highest BCUT2D eigenvalue weighted by Gasteiger charge is 2.46. The standard InChI is InChI=1S/C22H17F4N5O/c1-9-28-29-20-21(2,3)27-12-7-14-17(18(22(24,25)26)19(12)31(9)20)11-5-10(23)6-13-16(11)15(32-14)8-30(13)4/h5-8,27H,1-4H3. The summed E-state index contributed by atoms with van der Waals surface area (Å²) in [6.07, 6.45) is -3.12. The maximum atomic E-state index is 14.7. The van der Waals surface area contributed by atoms with Crippen molar-refractivity contribution in [2.75, 3.05) is 5.32 Å². The van der Waals surface area contributed by atoms with Gasteiger partial charge in [-0.05, 0) is 32.9 Å². The second-order valence-corrected chi connectivity index (χ2v) is 8.73. The van der Waals surface area contributed by atoms with E-state index in [1.807, 2.05) is 13.8 Å².